The van der Waals surface area contributed by atoms with Gasteiger partial charge in [0.15, 0.2) is 5.82 Å². The van der Waals surface area contributed by atoms with Gasteiger partial charge < -0.3 is 29.3 Å². The Morgan fingerprint density at radius 1 is 1.07 bits per heavy atom. The first-order valence-electron chi connectivity index (χ1n) is 14.9. The maximum Gasteiger partial charge on any atom is 0.253 e. The number of carbonyl (C=O) groups excluding carboxylic acids is 1. The molecule has 1 amide bonds. The van der Waals surface area contributed by atoms with E-state index in [1.807, 2.05) is 24.1 Å². The molecule has 10 heteroatoms. The fourth-order valence-electron chi connectivity index (χ4n) is 6.55. The lowest BCUT2D eigenvalue weighted by atomic mass is 9.88. The van der Waals surface area contributed by atoms with Gasteiger partial charge in [0.2, 0.25) is 10.8 Å². The van der Waals surface area contributed by atoms with Crippen LogP contribution in [0.25, 0.3) is 0 Å². The number of nitrogens with one attached hydrogen (secondary N) is 1. The van der Waals surface area contributed by atoms with Gasteiger partial charge >= 0.3 is 0 Å². The summed E-state index contributed by atoms with van der Waals surface area (Å²) in [7, 11) is 4.11. The first-order chi connectivity index (χ1) is 19.5. The molecule has 2 aromatic rings. The van der Waals surface area contributed by atoms with Crippen molar-refractivity contribution in [2.45, 2.75) is 67.8 Å². The Hall–Kier alpha value is -2.40. The second-order valence-corrected chi connectivity index (χ2v) is 13.3. The van der Waals surface area contributed by atoms with Crippen molar-refractivity contribution in [1.29, 1.82) is 0 Å². The third kappa shape index (κ3) is 5.95. The number of carbonyl (C=O) groups is 1. The van der Waals surface area contributed by atoms with E-state index in [-0.39, 0.29) is 11.9 Å². The van der Waals surface area contributed by atoms with Crippen molar-refractivity contribution in [2.24, 2.45) is 0 Å². The van der Waals surface area contributed by atoms with E-state index in [1.54, 1.807) is 0 Å². The number of rotatable bonds is 6. The van der Waals surface area contributed by atoms with Crippen LogP contribution in [0.4, 0.5) is 11.8 Å². The average molecular weight is 567 g/mol. The van der Waals surface area contributed by atoms with Crippen LogP contribution in [-0.4, -0.2) is 102 Å². The van der Waals surface area contributed by atoms with Crippen LogP contribution in [0.2, 0.25) is 0 Å². The number of anilines is 2. The van der Waals surface area contributed by atoms with Crippen molar-refractivity contribution < 1.29 is 14.1 Å². The highest BCUT2D eigenvalue weighted by atomic mass is 32.2. The molecule has 216 valence electrons. The number of amides is 1. The Morgan fingerprint density at radius 3 is 2.58 bits per heavy atom. The minimum atomic E-state index is -1.04. The summed E-state index contributed by atoms with van der Waals surface area (Å²) in [6.45, 7) is 5.29. The molecule has 0 radical (unpaired) electrons. The SMILES string of the molecule is CN1CCC(N(C)C(=O)c2cccc(C3CCN(c4nc5c(c(NC6CCOCC6)n4)[S+]([O-])CC5)CC3)c2)CC1. The number of aromatic nitrogens is 2. The van der Waals surface area contributed by atoms with Gasteiger partial charge in [-0.1, -0.05) is 12.1 Å². The molecule has 4 aliphatic heterocycles. The summed E-state index contributed by atoms with van der Waals surface area (Å²) in [5.41, 5.74) is 2.97. The first kappa shape index (κ1) is 27.8. The zero-order valence-electron chi connectivity index (χ0n) is 23.8. The molecule has 0 spiro atoms. The molecule has 0 aliphatic carbocycles. The number of fused-ring (bicyclic) bond motifs is 1. The maximum atomic E-state index is 13.3. The topological polar surface area (TPSA) is 96.9 Å². The van der Waals surface area contributed by atoms with Crippen molar-refractivity contribution in [2.75, 3.05) is 69.5 Å². The molecule has 1 aromatic heterocycles. The Labute approximate surface area is 240 Å². The van der Waals surface area contributed by atoms with Crippen molar-refractivity contribution in [3.8, 4) is 0 Å². The number of benzene rings is 1. The van der Waals surface area contributed by atoms with Gasteiger partial charge in [-0.05, 0) is 93.5 Å². The van der Waals surface area contributed by atoms with E-state index in [0.29, 0.717) is 17.7 Å². The lowest BCUT2D eigenvalue weighted by Gasteiger charge is -2.35. The van der Waals surface area contributed by atoms with Crippen LogP contribution < -0.4 is 10.2 Å². The van der Waals surface area contributed by atoms with Gasteiger partial charge in [0, 0.05) is 57.4 Å². The zero-order chi connectivity index (χ0) is 27.6. The summed E-state index contributed by atoms with van der Waals surface area (Å²) in [5.74, 6) is 2.65. The second-order valence-electron chi connectivity index (χ2n) is 11.8. The average Bonchev–Trinajstić information content (AvgIpc) is 3.38. The highest BCUT2D eigenvalue weighted by Gasteiger charge is 2.34. The van der Waals surface area contributed by atoms with Gasteiger partial charge in [-0.2, -0.15) is 4.98 Å². The molecule has 9 nitrogen and oxygen atoms in total. The van der Waals surface area contributed by atoms with Crippen LogP contribution in [0, 0.1) is 0 Å². The molecular weight excluding hydrogens is 524 g/mol. The van der Waals surface area contributed by atoms with E-state index in [1.165, 1.54) is 5.56 Å². The van der Waals surface area contributed by atoms with Gasteiger partial charge in [-0.15, -0.1) is 0 Å². The predicted molar refractivity (Wildman–Crippen MR) is 158 cm³/mol. The van der Waals surface area contributed by atoms with Gasteiger partial charge in [0.1, 0.15) is 11.4 Å². The minimum Gasteiger partial charge on any atom is -0.611 e. The molecular formula is C30H42N6O3S. The standard InChI is InChI=1S/C30H42N6O3S/c1-34-13-8-25(9-14-34)35(2)29(37)23-5-3-4-22(20-23)21-6-15-36(16-7-21)30-32-26-12-19-40(38)27(26)28(33-30)31-24-10-17-39-18-11-24/h3-5,20-21,24-25H,6-19H2,1-2H3,(H,31,32,33). The molecule has 1 N–H and O–H groups in total. The van der Waals surface area contributed by atoms with Crippen molar-refractivity contribution >= 4 is 28.8 Å². The largest absolute Gasteiger partial charge is 0.611 e. The fourth-order valence-corrected chi connectivity index (χ4v) is 7.86. The summed E-state index contributed by atoms with van der Waals surface area (Å²) in [5, 5.41) is 3.59. The molecule has 40 heavy (non-hydrogen) atoms. The summed E-state index contributed by atoms with van der Waals surface area (Å²) in [6, 6.07) is 8.88. The van der Waals surface area contributed by atoms with E-state index < -0.39 is 11.2 Å². The van der Waals surface area contributed by atoms with E-state index in [4.69, 9.17) is 14.7 Å². The third-order valence-corrected chi connectivity index (χ3v) is 10.6. The van der Waals surface area contributed by atoms with Gasteiger partial charge in [0.25, 0.3) is 5.91 Å². The van der Waals surface area contributed by atoms with E-state index in [0.717, 1.165) is 112 Å². The first-order valence-corrected chi connectivity index (χ1v) is 16.2. The Balaban J connectivity index is 1.12. The molecule has 3 saturated heterocycles. The summed E-state index contributed by atoms with van der Waals surface area (Å²) in [6.07, 6.45) is 6.63. The normalized spacial score (nSPS) is 23.3. The second kappa shape index (κ2) is 12.2. The van der Waals surface area contributed by atoms with E-state index in [2.05, 4.69) is 34.3 Å². The number of piperidine rings is 2. The molecule has 5 heterocycles. The maximum absolute atomic E-state index is 13.3. The number of hydrogen-bond acceptors (Lipinski definition) is 8. The van der Waals surface area contributed by atoms with E-state index in [9.17, 15) is 9.35 Å². The quantitative estimate of drug-likeness (QED) is 0.533. The minimum absolute atomic E-state index is 0.127. The van der Waals surface area contributed by atoms with Crippen LogP contribution in [0.3, 0.4) is 0 Å². The molecule has 3 fully saturated rings. The lowest BCUT2D eigenvalue weighted by molar-refractivity contribution is 0.0659. The highest BCUT2D eigenvalue weighted by molar-refractivity contribution is 7.91. The van der Waals surface area contributed by atoms with Crippen molar-refractivity contribution in [3.63, 3.8) is 0 Å². The third-order valence-electron chi connectivity index (χ3n) is 9.18. The zero-order valence-corrected chi connectivity index (χ0v) is 24.6. The molecule has 0 saturated carbocycles. The molecule has 6 rings (SSSR count). The number of ether oxygens (including phenoxy) is 1. The smallest absolute Gasteiger partial charge is 0.253 e. The van der Waals surface area contributed by atoms with Gasteiger partial charge in [-0.25, -0.2) is 4.98 Å². The highest BCUT2D eigenvalue weighted by Crippen LogP contribution is 2.35. The van der Waals surface area contributed by atoms with Crippen molar-refractivity contribution in [3.05, 3.63) is 41.1 Å². The molecule has 4 aliphatic rings. The predicted octanol–water partition coefficient (Wildman–Crippen LogP) is 3.28. The van der Waals surface area contributed by atoms with Crippen LogP contribution in [0.1, 0.15) is 66.1 Å². The Kier molecular flexibility index (Phi) is 8.48. The number of aryl methyl sites for hydroxylation is 1. The Bertz CT molecular complexity index is 1190. The number of hydrogen-bond donors (Lipinski definition) is 1. The van der Waals surface area contributed by atoms with Crippen LogP contribution in [0.5, 0.6) is 0 Å². The summed E-state index contributed by atoms with van der Waals surface area (Å²) >= 11 is -1.04. The van der Waals surface area contributed by atoms with Crippen molar-refractivity contribution in [1.82, 2.24) is 19.8 Å². The van der Waals surface area contributed by atoms with E-state index >= 15 is 0 Å². The summed E-state index contributed by atoms with van der Waals surface area (Å²) < 4.78 is 18.3. The summed E-state index contributed by atoms with van der Waals surface area (Å²) in [4.78, 5) is 30.5. The number of likely N-dealkylation sites (tertiary alicyclic amines) is 1. The van der Waals surface area contributed by atoms with Gasteiger partial charge in [-0.3, -0.25) is 4.79 Å². The molecule has 1 atom stereocenters. The van der Waals surface area contributed by atoms with Crippen LogP contribution >= 0.6 is 0 Å². The van der Waals surface area contributed by atoms with Crippen LogP contribution in [-0.2, 0) is 22.3 Å². The van der Waals surface area contributed by atoms with Gasteiger partial charge in [0.05, 0.1) is 0 Å². The fraction of sp³-hybridized carbons (Fsp3) is 0.633. The molecule has 0 bridgehead atoms. The molecule has 1 unspecified atom stereocenters. The molecule has 1 aromatic carbocycles. The monoisotopic (exact) mass is 566 g/mol. The van der Waals surface area contributed by atoms with Crippen LogP contribution in [0.15, 0.2) is 29.2 Å². The number of nitrogens with zero attached hydrogens (tertiary/aromatic N) is 5. The lowest BCUT2D eigenvalue weighted by Crippen LogP contribution is -2.44. The Morgan fingerprint density at radius 2 is 1.82 bits per heavy atom.